The predicted molar refractivity (Wildman–Crippen MR) is 66.5 cm³/mol. The van der Waals surface area contributed by atoms with E-state index in [0.717, 1.165) is 12.8 Å². The average molecular weight is 236 g/mol. The Bertz CT molecular complexity index is 386. The topological polar surface area (TPSA) is 37.3 Å². The minimum atomic E-state index is -0.287. The van der Waals surface area contributed by atoms with Gasteiger partial charge in [0.2, 0.25) is 0 Å². The van der Waals surface area contributed by atoms with Crippen LogP contribution in [0.15, 0.2) is 0 Å². The molecule has 3 fully saturated rings. The van der Waals surface area contributed by atoms with E-state index in [4.69, 9.17) is 0 Å². The summed E-state index contributed by atoms with van der Waals surface area (Å²) in [7, 11) is 0. The summed E-state index contributed by atoms with van der Waals surface area (Å²) in [5, 5.41) is 10.7. The Balaban J connectivity index is 2.19. The van der Waals surface area contributed by atoms with Crippen molar-refractivity contribution in [2.75, 3.05) is 0 Å². The van der Waals surface area contributed by atoms with Crippen molar-refractivity contribution in [3.8, 4) is 0 Å². The molecule has 0 aliphatic heterocycles. The highest BCUT2D eigenvalue weighted by Crippen LogP contribution is 2.72. The maximum Gasteiger partial charge on any atom is 0.137 e. The van der Waals surface area contributed by atoms with Gasteiger partial charge in [-0.25, -0.2) is 0 Å². The van der Waals surface area contributed by atoms with Gasteiger partial charge in [0.25, 0.3) is 0 Å². The van der Waals surface area contributed by atoms with E-state index in [-0.39, 0.29) is 34.2 Å². The largest absolute Gasteiger partial charge is 0.392 e. The summed E-state index contributed by atoms with van der Waals surface area (Å²) < 4.78 is 0. The van der Waals surface area contributed by atoms with E-state index in [0.29, 0.717) is 12.2 Å². The van der Waals surface area contributed by atoms with Gasteiger partial charge in [-0.05, 0) is 23.7 Å². The number of hydrogen-bond acceptors (Lipinski definition) is 2. The van der Waals surface area contributed by atoms with E-state index in [1.807, 2.05) is 0 Å². The van der Waals surface area contributed by atoms with Gasteiger partial charge < -0.3 is 5.11 Å². The fraction of sp³-hybridized carbons (Fsp3) is 0.933. The molecule has 2 nitrogen and oxygen atoms in total. The lowest BCUT2D eigenvalue weighted by Crippen LogP contribution is -2.45. The van der Waals surface area contributed by atoms with Gasteiger partial charge in [-0.2, -0.15) is 0 Å². The van der Waals surface area contributed by atoms with Crippen LogP contribution in [0.2, 0.25) is 0 Å². The van der Waals surface area contributed by atoms with Crippen LogP contribution in [0.4, 0.5) is 0 Å². The molecule has 3 aliphatic carbocycles. The highest BCUT2D eigenvalue weighted by molar-refractivity contribution is 5.87. The van der Waals surface area contributed by atoms with Crippen LogP contribution in [-0.4, -0.2) is 17.0 Å². The molecule has 3 unspecified atom stereocenters. The number of aliphatic hydroxyl groups is 1. The van der Waals surface area contributed by atoms with Crippen LogP contribution in [-0.2, 0) is 4.79 Å². The van der Waals surface area contributed by atoms with Crippen LogP contribution in [0.25, 0.3) is 0 Å². The van der Waals surface area contributed by atoms with Crippen molar-refractivity contribution in [3.05, 3.63) is 0 Å². The SMILES string of the molecule is CC1(C)CCCC2(C)[C@H]3C(=O)CC2(C)[C@H](O)C31. The Morgan fingerprint density at radius 2 is 1.76 bits per heavy atom. The molecule has 0 saturated heterocycles. The van der Waals surface area contributed by atoms with Crippen LogP contribution in [0.3, 0.4) is 0 Å². The number of carbonyl (C=O) groups excluding carboxylic acids is 1. The van der Waals surface area contributed by atoms with Crippen LogP contribution < -0.4 is 0 Å². The molecule has 1 N–H and O–H groups in total. The summed E-state index contributed by atoms with van der Waals surface area (Å²) in [6.07, 6.45) is 3.76. The van der Waals surface area contributed by atoms with Crippen molar-refractivity contribution >= 4 is 5.78 Å². The van der Waals surface area contributed by atoms with Gasteiger partial charge in [0.05, 0.1) is 6.10 Å². The summed E-state index contributed by atoms with van der Waals surface area (Å²) in [5.41, 5.74) is -0.0191. The zero-order valence-corrected chi connectivity index (χ0v) is 11.4. The Kier molecular flexibility index (Phi) is 2.04. The Hall–Kier alpha value is -0.370. The van der Waals surface area contributed by atoms with E-state index in [1.54, 1.807) is 0 Å². The summed E-state index contributed by atoms with van der Waals surface area (Å²) >= 11 is 0. The Morgan fingerprint density at radius 3 is 2.41 bits per heavy atom. The van der Waals surface area contributed by atoms with Crippen LogP contribution in [0, 0.1) is 28.1 Å². The van der Waals surface area contributed by atoms with Gasteiger partial charge >= 0.3 is 0 Å². The molecule has 0 aromatic rings. The van der Waals surface area contributed by atoms with Crippen LogP contribution in [0.1, 0.15) is 53.4 Å². The van der Waals surface area contributed by atoms with E-state index < -0.39 is 0 Å². The van der Waals surface area contributed by atoms with Gasteiger partial charge in [-0.3, -0.25) is 4.79 Å². The van der Waals surface area contributed by atoms with Gasteiger partial charge in [0.15, 0.2) is 0 Å². The molecule has 0 radical (unpaired) electrons. The molecule has 3 rings (SSSR count). The minimum Gasteiger partial charge on any atom is -0.392 e. The van der Waals surface area contributed by atoms with Crippen molar-refractivity contribution in [3.63, 3.8) is 0 Å². The van der Waals surface area contributed by atoms with Gasteiger partial charge in [0.1, 0.15) is 5.78 Å². The van der Waals surface area contributed by atoms with Gasteiger partial charge in [-0.1, -0.05) is 34.1 Å². The number of Topliss-reactive ketones (excluding diaryl/α,β-unsaturated/α-hetero) is 1. The molecule has 0 amide bonds. The third-order valence-electron chi connectivity index (χ3n) is 6.65. The number of rotatable bonds is 0. The fourth-order valence-electron chi connectivity index (χ4n) is 5.40. The molecule has 17 heavy (non-hydrogen) atoms. The Labute approximate surface area is 104 Å². The van der Waals surface area contributed by atoms with Crippen molar-refractivity contribution in [2.45, 2.75) is 59.5 Å². The third kappa shape index (κ3) is 1.09. The first-order valence-corrected chi connectivity index (χ1v) is 6.95. The molecular formula is C15H24O2. The Morgan fingerprint density at radius 1 is 1.12 bits per heavy atom. The average Bonchev–Trinajstić information content (AvgIpc) is 2.44. The molecule has 0 aromatic carbocycles. The van der Waals surface area contributed by atoms with Crippen molar-refractivity contribution in [1.29, 1.82) is 0 Å². The number of carbonyl (C=O) groups is 1. The minimum absolute atomic E-state index is 0.0436. The lowest BCUT2D eigenvalue weighted by atomic mass is 9.63. The number of aliphatic hydroxyl groups excluding tert-OH is 1. The third-order valence-corrected chi connectivity index (χ3v) is 6.65. The first-order valence-electron chi connectivity index (χ1n) is 6.95. The molecule has 0 heterocycles. The summed E-state index contributed by atoms with van der Waals surface area (Å²) in [6, 6.07) is 0. The van der Waals surface area contributed by atoms with Crippen molar-refractivity contribution in [2.24, 2.45) is 28.1 Å². The zero-order chi connectivity index (χ0) is 12.6. The second kappa shape index (κ2) is 2.96. The van der Waals surface area contributed by atoms with Crippen LogP contribution in [0.5, 0.6) is 0 Å². The molecule has 4 bridgehead atoms. The van der Waals surface area contributed by atoms with Gasteiger partial charge in [0, 0.05) is 23.7 Å². The highest BCUT2D eigenvalue weighted by Gasteiger charge is 2.73. The molecule has 3 saturated carbocycles. The number of hydrogen-bond donors (Lipinski definition) is 1. The quantitative estimate of drug-likeness (QED) is 0.702. The standard InChI is InChI=1S/C15H24O2/c1-13(2)6-5-7-14(3)10-9(16)8-15(14,4)12(17)11(10)13/h10-12,17H,5-8H2,1-4H3/t10-,11?,12+,14?,15?/m0/s1. The molecule has 0 spiro atoms. The number of ketones is 1. The smallest absolute Gasteiger partial charge is 0.137 e. The van der Waals surface area contributed by atoms with Crippen molar-refractivity contribution in [1.82, 2.24) is 0 Å². The van der Waals surface area contributed by atoms with E-state index in [9.17, 15) is 9.90 Å². The fourth-order valence-corrected chi connectivity index (χ4v) is 5.40. The lowest BCUT2D eigenvalue weighted by Gasteiger charge is -2.44. The molecule has 5 atom stereocenters. The second-order valence-electron chi connectivity index (χ2n) is 7.77. The highest BCUT2D eigenvalue weighted by atomic mass is 16.3. The van der Waals surface area contributed by atoms with E-state index in [2.05, 4.69) is 27.7 Å². The van der Waals surface area contributed by atoms with Crippen LogP contribution >= 0.6 is 0 Å². The monoisotopic (exact) mass is 236 g/mol. The summed E-state index contributed by atoms with van der Waals surface area (Å²) in [6.45, 7) is 8.89. The lowest BCUT2D eigenvalue weighted by molar-refractivity contribution is -0.132. The van der Waals surface area contributed by atoms with Crippen molar-refractivity contribution < 1.29 is 9.90 Å². The zero-order valence-electron chi connectivity index (χ0n) is 11.4. The summed E-state index contributed by atoms with van der Waals surface area (Å²) in [4.78, 5) is 12.3. The maximum atomic E-state index is 12.3. The van der Waals surface area contributed by atoms with Gasteiger partial charge in [-0.15, -0.1) is 0 Å². The maximum absolute atomic E-state index is 12.3. The van der Waals surface area contributed by atoms with E-state index in [1.165, 1.54) is 6.42 Å². The first-order chi connectivity index (χ1) is 7.74. The normalized spacial score (nSPS) is 56.1. The molecule has 3 aliphatic rings. The molecule has 0 aromatic heterocycles. The molecule has 96 valence electrons. The van der Waals surface area contributed by atoms with E-state index >= 15 is 0 Å². The molecular weight excluding hydrogens is 212 g/mol. The summed E-state index contributed by atoms with van der Waals surface area (Å²) in [5.74, 6) is 0.710. The second-order valence-corrected chi connectivity index (χ2v) is 7.77. The molecule has 2 heteroatoms. The first kappa shape index (κ1) is 11.7. The predicted octanol–water partition coefficient (Wildman–Crippen LogP) is 2.79.